The summed E-state index contributed by atoms with van der Waals surface area (Å²) in [5.41, 5.74) is 6.02. The molecule has 9 heteroatoms. The van der Waals surface area contributed by atoms with Gasteiger partial charge in [0, 0.05) is 44.5 Å². The van der Waals surface area contributed by atoms with E-state index >= 15 is 0 Å². The van der Waals surface area contributed by atoms with E-state index in [-0.39, 0.29) is 17.9 Å². The van der Waals surface area contributed by atoms with Crippen LogP contribution in [0.5, 0.6) is 0 Å². The van der Waals surface area contributed by atoms with Crippen LogP contribution in [0.25, 0.3) is 0 Å². The maximum atomic E-state index is 11.8. The summed E-state index contributed by atoms with van der Waals surface area (Å²) in [6, 6.07) is 0. The SMILES string of the molecule is Cc1csc(N2CCN(CCS(=O)(=O)CCC(N)=O)CC2)n1. The molecule has 1 aliphatic rings. The van der Waals surface area contributed by atoms with E-state index in [1.807, 2.05) is 12.3 Å². The zero-order valence-corrected chi connectivity index (χ0v) is 14.3. The first-order valence-corrected chi connectivity index (χ1v) is 9.94. The Balaban J connectivity index is 1.74. The number of nitrogens with two attached hydrogens (primary N) is 1. The molecule has 22 heavy (non-hydrogen) atoms. The fourth-order valence-corrected chi connectivity index (χ4v) is 4.39. The average molecular weight is 346 g/mol. The van der Waals surface area contributed by atoms with Gasteiger partial charge in [0.2, 0.25) is 5.91 Å². The number of aryl methyl sites for hydroxylation is 1. The Morgan fingerprint density at radius 2 is 2.00 bits per heavy atom. The van der Waals surface area contributed by atoms with Crippen molar-refractivity contribution in [3.63, 3.8) is 0 Å². The summed E-state index contributed by atoms with van der Waals surface area (Å²) < 4.78 is 23.6. The zero-order chi connectivity index (χ0) is 16.2. The van der Waals surface area contributed by atoms with Crippen LogP contribution in [0, 0.1) is 6.92 Å². The maximum absolute atomic E-state index is 11.8. The Morgan fingerprint density at radius 3 is 2.55 bits per heavy atom. The number of carbonyl (C=O) groups excluding carboxylic acids is 1. The molecule has 0 atom stereocenters. The molecule has 0 radical (unpaired) electrons. The topological polar surface area (TPSA) is 96.6 Å². The predicted octanol–water partition coefficient (Wildman–Crippen LogP) is -0.136. The van der Waals surface area contributed by atoms with Crippen LogP contribution in [0.1, 0.15) is 12.1 Å². The van der Waals surface area contributed by atoms with Crippen LogP contribution in [0.3, 0.4) is 0 Å². The van der Waals surface area contributed by atoms with E-state index in [0.717, 1.165) is 37.0 Å². The van der Waals surface area contributed by atoms with Gasteiger partial charge in [-0.2, -0.15) is 0 Å². The molecule has 0 bridgehead atoms. The molecular weight excluding hydrogens is 324 g/mol. The molecule has 1 amide bonds. The molecule has 1 aromatic heterocycles. The molecule has 0 saturated carbocycles. The van der Waals surface area contributed by atoms with E-state index in [0.29, 0.717) is 6.54 Å². The number of rotatable bonds is 7. The minimum Gasteiger partial charge on any atom is -0.370 e. The van der Waals surface area contributed by atoms with Crippen LogP contribution < -0.4 is 10.6 Å². The van der Waals surface area contributed by atoms with Gasteiger partial charge in [-0.15, -0.1) is 11.3 Å². The molecule has 0 spiro atoms. The minimum absolute atomic E-state index is 0.0800. The van der Waals surface area contributed by atoms with Crippen LogP contribution in [0.2, 0.25) is 0 Å². The number of hydrogen-bond donors (Lipinski definition) is 1. The summed E-state index contributed by atoms with van der Waals surface area (Å²) >= 11 is 1.64. The third-order valence-electron chi connectivity index (χ3n) is 3.63. The van der Waals surface area contributed by atoms with Crippen LogP contribution in [0.15, 0.2) is 5.38 Å². The summed E-state index contributed by atoms with van der Waals surface area (Å²) in [5, 5.41) is 3.07. The lowest BCUT2D eigenvalue weighted by atomic mass is 10.3. The van der Waals surface area contributed by atoms with Gasteiger partial charge in [0.15, 0.2) is 15.0 Å². The average Bonchev–Trinajstić information content (AvgIpc) is 2.90. The number of thiazole rings is 1. The number of hydrogen-bond acceptors (Lipinski definition) is 7. The molecule has 1 aliphatic heterocycles. The highest BCUT2D eigenvalue weighted by atomic mass is 32.2. The number of piperazine rings is 1. The van der Waals surface area contributed by atoms with Crippen molar-refractivity contribution in [2.75, 3.05) is 49.1 Å². The summed E-state index contributed by atoms with van der Waals surface area (Å²) in [6.07, 6.45) is -0.0977. The first-order valence-electron chi connectivity index (χ1n) is 7.24. The van der Waals surface area contributed by atoms with Gasteiger partial charge < -0.3 is 10.6 Å². The van der Waals surface area contributed by atoms with Gasteiger partial charge in [-0.3, -0.25) is 9.69 Å². The fourth-order valence-electron chi connectivity index (χ4n) is 2.28. The van der Waals surface area contributed by atoms with Gasteiger partial charge in [-0.05, 0) is 6.92 Å². The van der Waals surface area contributed by atoms with Crippen molar-refractivity contribution in [2.45, 2.75) is 13.3 Å². The van der Waals surface area contributed by atoms with Gasteiger partial charge in [0.25, 0.3) is 0 Å². The second-order valence-electron chi connectivity index (χ2n) is 5.47. The molecule has 1 saturated heterocycles. The Hall–Kier alpha value is -1.19. The van der Waals surface area contributed by atoms with Crippen LogP contribution >= 0.6 is 11.3 Å². The highest BCUT2D eigenvalue weighted by molar-refractivity contribution is 7.91. The van der Waals surface area contributed by atoms with Gasteiger partial charge in [-0.25, -0.2) is 13.4 Å². The number of anilines is 1. The number of amides is 1. The van der Waals surface area contributed by atoms with Crippen molar-refractivity contribution in [1.29, 1.82) is 0 Å². The van der Waals surface area contributed by atoms with E-state index in [4.69, 9.17) is 5.73 Å². The highest BCUT2D eigenvalue weighted by Gasteiger charge is 2.21. The number of sulfone groups is 1. The van der Waals surface area contributed by atoms with Gasteiger partial charge >= 0.3 is 0 Å². The number of carbonyl (C=O) groups is 1. The molecule has 7 nitrogen and oxygen atoms in total. The normalized spacial score (nSPS) is 16.9. The second kappa shape index (κ2) is 7.38. The van der Waals surface area contributed by atoms with E-state index in [1.54, 1.807) is 11.3 Å². The van der Waals surface area contributed by atoms with Crippen molar-refractivity contribution < 1.29 is 13.2 Å². The largest absolute Gasteiger partial charge is 0.370 e. The van der Waals surface area contributed by atoms with Gasteiger partial charge in [0.05, 0.1) is 17.2 Å². The molecule has 0 unspecified atom stereocenters. The third-order valence-corrected chi connectivity index (χ3v) is 6.28. The lowest BCUT2D eigenvalue weighted by Gasteiger charge is -2.34. The number of primary amides is 1. The van der Waals surface area contributed by atoms with Crippen molar-refractivity contribution in [1.82, 2.24) is 9.88 Å². The Kier molecular flexibility index (Phi) is 5.76. The van der Waals surface area contributed by atoms with Crippen LogP contribution in [-0.4, -0.2) is 68.4 Å². The van der Waals surface area contributed by atoms with Crippen LogP contribution in [-0.2, 0) is 14.6 Å². The number of nitrogens with zero attached hydrogens (tertiary/aromatic N) is 3. The summed E-state index contributed by atoms with van der Waals surface area (Å²) in [4.78, 5) is 19.5. The van der Waals surface area contributed by atoms with Crippen molar-refractivity contribution in [3.8, 4) is 0 Å². The molecular formula is C13H22N4O3S2. The Morgan fingerprint density at radius 1 is 1.32 bits per heavy atom. The van der Waals surface area contributed by atoms with Gasteiger partial charge in [0.1, 0.15) is 0 Å². The highest BCUT2D eigenvalue weighted by Crippen LogP contribution is 2.21. The Labute approximate surface area is 135 Å². The van der Waals surface area contributed by atoms with E-state index in [9.17, 15) is 13.2 Å². The fraction of sp³-hybridized carbons (Fsp3) is 0.692. The quantitative estimate of drug-likeness (QED) is 0.738. The summed E-state index contributed by atoms with van der Waals surface area (Å²) in [7, 11) is -3.20. The van der Waals surface area contributed by atoms with Crippen molar-refractivity contribution >= 4 is 32.2 Å². The predicted molar refractivity (Wildman–Crippen MR) is 88.0 cm³/mol. The molecule has 1 aromatic rings. The lowest BCUT2D eigenvalue weighted by Crippen LogP contribution is -2.47. The smallest absolute Gasteiger partial charge is 0.218 e. The van der Waals surface area contributed by atoms with Crippen LogP contribution in [0.4, 0.5) is 5.13 Å². The summed E-state index contributed by atoms with van der Waals surface area (Å²) in [5.74, 6) is -0.645. The molecule has 0 aliphatic carbocycles. The standard InChI is InChI=1S/C13H22N4O3S2/c1-11-10-21-13(15-11)17-5-3-16(4-6-17)7-9-22(19,20)8-2-12(14)18/h10H,2-9H2,1H3,(H2,14,18). The first kappa shape index (κ1) is 17.2. The molecule has 1 fully saturated rings. The van der Waals surface area contributed by atoms with E-state index < -0.39 is 15.7 Å². The van der Waals surface area contributed by atoms with Gasteiger partial charge in [-0.1, -0.05) is 0 Å². The molecule has 124 valence electrons. The second-order valence-corrected chi connectivity index (χ2v) is 8.61. The minimum atomic E-state index is -3.20. The van der Waals surface area contributed by atoms with Crippen molar-refractivity contribution in [3.05, 3.63) is 11.1 Å². The summed E-state index contributed by atoms with van der Waals surface area (Å²) in [6.45, 7) is 5.84. The first-order chi connectivity index (χ1) is 10.4. The van der Waals surface area contributed by atoms with E-state index in [1.165, 1.54) is 0 Å². The monoisotopic (exact) mass is 346 g/mol. The molecule has 2 rings (SSSR count). The van der Waals surface area contributed by atoms with Crippen molar-refractivity contribution in [2.24, 2.45) is 5.73 Å². The van der Waals surface area contributed by atoms with E-state index in [2.05, 4.69) is 14.8 Å². The Bertz CT molecular complexity index is 607. The number of aromatic nitrogens is 1. The molecule has 0 aromatic carbocycles. The molecule has 2 heterocycles. The maximum Gasteiger partial charge on any atom is 0.218 e. The molecule has 2 N–H and O–H groups in total. The third kappa shape index (κ3) is 5.22. The lowest BCUT2D eigenvalue weighted by molar-refractivity contribution is -0.117. The zero-order valence-electron chi connectivity index (χ0n) is 12.7.